The molecule has 3 heteroatoms. The molecule has 0 fully saturated rings. The van der Waals surface area contributed by atoms with E-state index in [0.29, 0.717) is 24.0 Å². The Morgan fingerprint density at radius 2 is 2.29 bits per heavy atom. The van der Waals surface area contributed by atoms with Gasteiger partial charge in [-0.2, -0.15) is 0 Å². The van der Waals surface area contributed by atoms with Gasteiger partial charge >= 0.3 is 0 Å². The summed E-state index contributed by atoms with van der Waals surface area (Å²) >= 11 is 0. The maximum atomic E-state index is 10.8. The molecule has 1 aromatic rings. The van der Waals surface area contributed by atoms with Crippen LogP contribution in [0.1, 0.15) is 49.9 Å². The Bertz CT molecular complexity index is 339. The third kappa shape index (κ3) is 4.55. The van der Waals surface area contributed by atoms with Crippen LogP contribution in [0.5, 0.6) is 5.88 Å². The van der Waals surface area contributed by atoms with E-state index in [1.165, 1.54) is 19.3 Å². The monoisotopic (exact) mass is 235 g/mol. The van der Waals surface area contributed by atoms with E-state index in [1.54, 1.807) is 18.3 Å². The van der Waals surface area contributed by atoms with E-state index in [4.69, 9.17) is 4.74 Å². The molecule has 0 bridgehead atoms. The third-order valence-electron chi connectivity index (χ3n) is 2.93. The molecule has 1 unspecified atom stereocenters. The van der Waals surface area contributed by atoms with Gasteiger partial charge in [0.2, 0.25) is 5.88 Å². The summed E-state index contributed by atoms with van der Waals surface area (Å²) in [6.07, 6.45) is 7.15. The Morgan fingerprint density at radius 3 is 2.94 bits per heavy atom. The number of carbonyl (C=O) groups excluding carboxylic acids is 1. The quantitative estimate of drug-likeness (QED) is 0.647. The summed E-state index contributed by atoms with van der Waals surface area (Å²) in [5.41, 5.74) is 0.526. The summed E-state index contributed by atoms with van der Waals surface area (Å²) in [5.74, 6) is 1.01. The highest BCUT2D eigenvalue weighted by atomic mass is 16.5. The topological polar surface area (TPSA) is 39.2 Å². The van der Waals surface area contributed by atoms with Crippen molar-refractivity contribution in [2.24, 2.45) is 5.92 Å². The van der Waals surface area contributed by atoms with Crippen LogP contribution in [-0.2, 0) is 0 Å². The van der Waals surface area contributed by atoms with Gasteiger partial charge in [-0.15, -0.1) is 0 Å². The first-order valence-corrected chi connectivity index (χ1v) is 6.34. The minimum Gasteiger partial charge on any atom is -0.477 e. The molecule has 94 valence electrons. The van der Waals surface area contributed by atoms with E-state index in [-0.39, 0.29) is 0 Å². The summed E-state index contributed by atoms with van der Waals surface area (Å²) in [4.78, 5) is 14.9. The van der Waals surface area contributed by atoms with E-state index in [0.717, 1.165) is 12.7 Å². The number of hydrogen-bond acceptors (Lipinski definition) is 3. The molecule has 0 saturated heterocycles. The van der Waals surface area contributed by atoms with Crippen molar-refractivity contribution in [2.45, 2.75) is 39.5 Å². The number of ether oxygens (including phenoxy) is 1. The predicted molar refractivity (Wildman–Crippen MR) is 68.4 cm³/mol. The summed E-state index contributed by atoms with van der Waals surface area (Å²) in [7, 11) is 0. The number of aromatic nitrogens is 1. The lowest BCUT2D eigenvalue weighted by Crippen LogP contribution is -2.12. The molecule has 0 aliphatic heterocycles. The molecule has 0 aliphatic carbocycles. The zero-order valence-corrected chi connectivity index (χ0v) is 10.7. The van der Waals surface area contributed by atoms with Crippen molar-refractivity contribution < 1.29 is 9.53 Å². The lowest BCUT2D eigenvalue weighted by atomic mass is 10.0. The average molecular weight is 235 g/mol. The van der Waals surface area contributed by atoms with E-state index in [9.17, 15) is 4.79 Å². The molecule has 0 amide bonds. The Morgan fingerprint density at radius 1 is 1.47 bits per heavy atom. The maximum Gasteiger partial charge on any atom is 0.224 e. The molecule has 3 nitrogen and oxygen atoms in total. The number of hydrogen-bond donors (Lipinski definition) is 0. The van der Waals surface area contributed by atoms with Gasteiger partial charge in [0.15, 0.2) is 6.29 Å². The fourth-order valence-corrected chi connectivity index (χ4v) is 1.71. The van der Waals surface area contributed by atoms with Gasteiger partial charge in [0.05, 0.1) is 12.2 Å². The first-order chi connectivity index (χ1) is 8.31. The van der Waals surface area contributed by atoms with Crippen molar-refractivity contribution in [1.29, 1.82) is 0 Å². The molecule has 0 spiro atoms. The highest BCUT2D eigenvalue weighted by Crippen LogP contribution is 2.17. The van der Waals surface area contributed by atoms with Crippen molar-refractivity contribution >= 4 is 6.29 Å². The normalized spacial score (nSPS) is 12.1. The largest absolute Gasteiger partial charge is 0.477 e. The second-order valence-corrected chi connectivity index (χ2v) is 4.24. The summed E-state index contributed by atoms with van der Waals surface area (Å²) in [6.45, 7) is 5.01. The molecule has 0 aliphatic rings. The van der Waals surface area contributed by atoms with Gasteiger partial charge in [0.25, 0.3) is 0 Å². The Labute approximate surface area is 103 Å². The van der Waals surface area contributed by atoms with Gasteiger partial charge in [0.1, 0.15) is 0 Å². The van der Waals surface area contributed by atoms with Crippen molar-refractivity contribution in [3.63, 3.8) is 0 Å². The van der Waals surface area contributed by atoms with Crippen molar-refractivity contribution in [2.75, 3.05) is 6.61 Å². The Hall–Kier alpha value is -1.38. The van der Waals surface area contributed by atoms with Crippen molar-refractivity contribution in [1.82, 2.24) is 4.98 Å². The fourth-order valence-electron chi connectivity index (χ4n) is 1.71. The van der Waals surface area contributed by atoms with E-state index < -0.39 is 0 Å². The Kier molecular flexibility index (Phi) is 6.30. The molecule has 1 aromatic heterocycles. The zero-order valence-electron chi connectivity index (χ0n) is 10.7. The highest BCUT2D eigenvalue weighted by Gasteiger charge is 2.09. The highest BCUT2D eigenvalue weighted by molar-refractivity contribution is 5.77. The average Bonchev–Trinajstić information content (AvgIpc) is 2.39. The molecule has 1 rings (SSSR count). The number of carbonyl (C=O) groups is 1. The van der Waals surface area contributed by atoms with Crippen LogP contribution in [0.15, 0.2) is 18.3 Å². The third-order valence-corrected chi connectivity index (χ3v) is 2.93. The second kappa shape index (κ2) is 7.82. The van der Waals surface area contributed by atoms with Crippen LogP contribution in [0.2, 0.25) is 0 Å². The summed E-state index contributed by atoms with van der Waals surface area (Å²) in [6, 6.07) is 3.47. The summed E-state index contributed by atoms with van der Waals surface area (Å²) in [5, 5.41) is 0. The standard InChI is InChI=1S/C14H21NO2/c1-3-5-7-12(4-2)11-17-14-13(10-16)8-6-9-15-14/h6,8-10,12H,3-5,7,11H2,1-2H3. The first-order valence-electron chi connectivity index (χ1n) is 6.34. The molecule has 1 atom stereocenters. The molecular weight excluding hydrogens is 214 g/mol. The molecule has 0 aromatic carbocycles. The van der Waals surface area contributed by atoms with Crippen LogP contribution >= 0.6 is 0 Å². The van der Waals surface area contributed by atoms with Crippen LogP contribution < -0.4 is 4.74 Å². The van der Waals surface area contributed by atoms with E-state index >= 15 is 0 Å². The zero-order chi connectivity index (χ0) is 12.5. The van der Waals surface area contributed by atoms with Gasteiger partial charge in [-0.1, -0.05) is 33.1 Å². The van der Waals surface area contributed by atoms with Crippen LogP contribution in [0, 0.1) is 5.92 Å². The van der Waals surface area contributed by atoms with Crippen LogP contribution in [-0.4, -0.2) is 17.9 Å². The number of pyridine rings is 1. The van der Waals surface area contributed by atoms with Gasteiger partial charge < -0.3 is 4.74 Å². The smallest absolute Gasteiger partial charge is 0.224 e. The lowest BCUT2D eigenvalue weighted by Gasteiger charge is -2.15. The number of nitrogens with zero attached hydrogens (tertiary/aromatic N) is 1. The molecule has 0 radical (unpaired) electrons. The SMILES string of the molecule is CCCCC(CC)COc1ncccc1C=O. The number of unbranched alkanes of at least 4 members (excludes halogenated alkanes) is 1. The minimum absolute atomic E-state index is 0.456. The van der Waals surface area contributed by atoms with Gasteiger partial charge in [-0.3, -0.25) is 4.79 Å². The molecule has 17 heavy (non-hydrogen) atoms. The molecule has 0 N–H and O–H groups in total. The van der Waals surface area contributed by atoms with Crippen LogP contribution in [0.25, 0.3) is 0 Å². The van der Waals surface area contributed by atoms with E-state index in [1.807, 2.05) is 0 Å². The molecule has 1 heterocycles. The van der Waals surface area contributed by atoms with Gasteiger partial charge in [-0.25, -0.2) is 4.98 Å². The predicted octanol–water partition coefficient (Wildman–Crippen LogP) is 3.49. The number of aldehydes is 1. The van der Waals surface area contributed by atoms with Gasteiger partial charge in [0, 0.05) is 6.20 Å². The minimum atomic E-state index is 0.456. The lowest BCUT2D eigenvalue weighted by molar-refractivity contribution is 0.111. The second-order valence-electron chi connectivity index (χ2n) is 4.24. The first kappa shape index (κ1) is 13.7. The van der Waals surface area contributed by atoms with Crippen LogP contribution in [0.3, 0.4) is 0 Å². The Balaban J connectivity index is 2.50. The molecule has 0 saturated carbocycles. The maximum absolute atomic E-state index is 10.8. The van der Waals surface area contributed by atoms with Crippen LogP contribution in [0.4, 0.5) is 0 Å². The van der Waals surface area contributed by atoms with Crippen molar-refractivity contribution in [3.8, 4) is 5.88 Å². The van der Waals surface area contributed by atoms with Gasteiger partial charge in [-0.05, 0) is 24.5 Å². The fraction of sp³-hybridized carbons (Fsp3) is 0.571. The summed E-state index contributed by atoms with van der Waals surface area (Å²) < 4.78 is 5.64. The van der Waals surface area contributed by atoms with E-state index in [2.05, 4.69) is 18.8 Å². The molecular formula is C14H21NO2. The van der Waals surface area contributed by atoms with Crippen molar-refractivity contribution in [3.05, 3.63) is 23.9 Å². The number of rotatable bonds is 8.